The van der Waals surface area contributed by atoms with E-state index in [4.69, 9.17) is 14.2 Å². The predicted molar refractivity (Wildman–Crippen MR) is 157 cm³/mol. The van der Waals surface area contributed by atoms with Crippen molar-refractivity contribution in [2.24, 2.45) is 4.99 Å². The number of rotatable bonds is 9. The van der Waals surface area contributed by atoms with E-state index in [1.54, 1.807) is 54.8 Å². The van der Waals surface area contributed by atoms with Gasteiger partial charge in [-0.05, 0) is 60.9 Å². The molecule has 0 saturated heterocycles. The normalized spacial score (nSPS) is 14.6. The second kappa shape index (κ2) is 12.2. The molecule has 1 aromatic heterocycles. The lowest BCUT2D eigenvalue weighted by Crippen LogP contribution is -2.39. The van der Waals surface area contributed by atoms with Crippen molar-refractivity contribution in [3.05, 3.63) is 131 Å². The molecule has 11 heteroatoms. The fourth-order valence-corrected chi connectivity index (χ4v) is 5.71. The molecule has 0 radical (unpaired) electrons. The molecule has 0 N–H and O–H groups in total. The van der Waals surface area contributed by atoms with Crippen LogP contribution in [0.25, 0.3) is 6.08 Å². The average molecular weight is 586 g/mol. The van der Waals surface area contributed by atoms with Crippen LogP contribution in [-0.4, -0.2) is 29.2 Å². The Balaban J connectivity index is 1.49. The van der Waals surface area contributed by atoms with Crippen molar-refractivity contribution in [1.29, 1.82) is 0 Å². The molecule has 5 rings (SSSR count). The zero-order valence-corrected chi connectivity index (χ0v) is 23.9. The van der Waals surface area contributed by atoms with Crippen molar-refractivity contribution in [3.8, 4) is 11.5 Å². The van der Waals surface area contributed by atoms with Gasteiger partial charge >= 0.3 is 5.97 Å². The third-order valence-corrected chi connectivity index (χ3v) is 7.64. The number of hydrogen-bond acceptors (Lipinski definition) is 9. The number of nitro benzene ring substituents is 1. The van der Waals surface area contributed by atoms with Crippen LogP contribution in [0.5, 0.6) is 11.5 Å². The van der Waals surface area contributed by atoms with Crippen molar-refractivity contribution in [2.45, 2.75) is 26.5 Å². The largest absolute Gasteiger partial charge is 0.493 e. The number of thiazole rings is 1. The maximum atomic E-state index is 13.8. The van der Waals surface area contributed by atoms with Crippen LogP contribution in [0.3, 0.4) is 0 Å². The van der Waals surface area contributed by atoms with Crippen molar-refractivity contribution in [2.75, 3.05) is 13.7 Å². The number of nitro groups is 1. The molecule has 1 aliphatic rings. The molecule has 1 aliphatic heterocycles. The third kappa shape index (κ3) is 5.72. The first kappa shape index (κ1) is 28.5. The van der Waals surface area contributed by atoms with Gasteiger partial charge in [-0.2, -0.15) is 0 Å². The molecule has 2 heterocycles. The van der Waals surface area contributed by atoms with Crippen LogP contribution in [0.15, 0.2) is 93.9 Å². The quantitative estimate of drug-likeness (QED) is 0.163. The van der Waals surface area contributed by atoms with Gasteiger partial charge in [0.25, 0.3) is 11.2 Å². The fourth-order valence-electron chi connectivity index (χ4n) is 4.66. The number of ether oxygens (including phenoxy) is 3. The van der Waals surface area contributed by atoms with Gasteiger partial charge in [0, 0.05) is 12.1 Å². The van der Waals surface area contributed by atoms with Crippen LogP contribution in [0.4, 0.5) is 5.69 Å². The number of hydrogen-bond donors (Lipinski definition) is 0. The number of benzene rings is 3. The molecule has 1 atom stereocenters. The maximum absolute atomic E-state index is 13.8. The van der Waals surface area contributed by atoms with Crippen LogP contribution < -0.4 is 24.4 Å². The summed E-state index contributed by atoms with van der Waals surface area (Å²) >= 11 is 1.24. The molecule has 0 aliphatic carbocycles. The number of allylic oxidation sites excluding steroid dienone is 1. The van der Waals surface area contributed by atoms with E-state index in [2.05, 4.69) is 4.99 Å². The Kier molecular flexibility index (Phi) is 8.30. The molecule has 0 unspecified atom stereocenters. The van der Waals surface area contributed by atoms with Crippen molar-refractivity contribution < 1.29 is 23.9 Å². The Morgan fingerprint density at radius 3 is 2.50 bits per heavy atom. The van der Waals surface area contributed by atoms with Crippen molar-refractivity contribution in [3.63, 3.8) is 0 Å². The number of carbonyl (C=O) groups is 1. The molecule has 10 nitrogen and oxygen atoms in total. The van der Waals surface area contributed by atoms with Crippen molar-refractivity contribution in [1.82, 2.24) is 4.57 Å². The minimum atomic E-state index is -0.673. The van der Waals surface area contributed by atoms with E-state index in [1.165, 1.54) is 30.6 Å². The lowest BCUT2D eigenvalue weighted by atomic mass is 9.96. The van der Waals surface area contributed by atoms with Gasteiger partial charge in [0.15, 0.2) is 16.3 Å². The molecule has 4 aromatic rings. The first-order chi connectivity index (χ1) is 20.3. The number of carbonyl (C=O) groups excluding carboxylic acids is 1. The summed E-state index contributed by atoms with van der Waals surface area (Å²) in [7, 11) is 1.52. The summed E-state index contributed by atoms with van der Waals surface area (Å²) < 4.78 is 18.8. The van der Waals surface area contributed by atoms with Crippen LogP contribution >= 0.6 is 11.3 Å². The minimum absolute atomic E-state index is 0.00771. The van der Waals surface area contributed by atoms with Gasteiger partial charge < -0.3 is 14.2 Å². The fraction of sp³-hybridized carbons (Fsp3) is 0.194. The number of esters is 1. The molecular weight excluding hydrogens is 558 g/mol. The van der Waals surface area contributed by atoms with E-state index >= 15 is 0 Å². The Labute approximate surface area is 244 Å². The Bertz CT molecular complexity index is 1860. The number of fused-ring (bicyclic) bond motifs is 1. The molecule has 3 aromatic carbocycles. The van der Waals surface area contributed by atoms with Crippen molar-refractivity contribution >= 4 is 29.1 Å². The Morgan fingerprint density at radius 1 is 1.10 bits per heavy atom. The van der Waals surface area contributed by atoms with E-state index in [-0.39, 0.29) is 24.5 Å². The van der Waals surface area contributed by atoms with E-state index in [9.17, 15) is 19.7 Å². The predicted octanol–water partition coefficient (Wildman–Crippen LogP) is 4.29. The van der Waals surface area contributed by atoms with Gasteiger partial charge in [0.05, 0.1) is 40.5 Å². The zero-order valence-electron chi connectivity index (χ0n) is 23.1. The monoisotopic (exact) mass is 585 g/mol. The molecule has 0 spiro atoms. The third-order valence-electron chi connectivity index (χ3n) is 6.66. The summed E-state index contributed by atoms with van der Waals surface area (Å²) in [5.74, 6) is 0.435. The first-order valence-corrected chi connectivity index (χ1v) is 13.9. The molecule has 0 fully saturated rings. The first-order valence-electron chi connectivity index (χ1n) is 13.1. The lowest BCUT2D eigenvalue weighted by molar-refractivity contribution is -0.384. The van der Waals surface area contributed by atoms with Gasteiger partial charge in [-0.25, -0.2) is 9.79 Å². The van der Waals surface area contributed by atoms with E-state index < -0.39 is 16.9 Å². The van der Waals surface area contributed by atoms with E-state index in [0.29, 0.717) is 37.7 Å². The summed E-state index contributed by atoms with van der Waals surface area (Å²) in [6, 6.07) is 20.1. The van der Waals surface area contributed by atoms with Gasteiger partial charge in [0.2, 0.25) is 0 Å². The van der Waals surface area contributed by atoms with Crippen LogP contribution in [0, 0.1) is 10.1 Å². The molecule has 0 amide bonds. The number of non-ortho nitro benzene ring substituents is 1. The summed E-state index contributed by atoms with van der Waals surface area (Å²) in [4.78, 5) is 42.3. The standard InChI is InChI=1S/C31H27N3O7S/c1-4-40-30(36)27-19(2)32-31-33(28(27)22-8-6-5-7-9-22)29(35)26(42-31)17-21-12-15-24(25(16-21)39-3)41-18-20-10-13-23(14-11-20)34(37)38/h5-17,28H,4,18H2,1-3H3/b26-17+/t28-/m1/s1. The highest BCUT2D eigenvalue weighted by Gasteiger charge is 2.33. The molecule has 0 saturated carbocycles. The lowest BCUT2D eigenvalue weighted by Gasteiger charge is -2.24. The summed E-state index contributed by atoms with van der Waals surface area (Å²) in [5.41, 5.74) is 2.81. The summed E-state index contributed by atoms with van der Waals surface area (Å²) in [6.45, 7) is 3.88. The highest BCUT2D eigenvalue weighted by atomic mass is 32.1. The zero-order chi connectivity index (χ0) is 29.8. The summed E-state index contributed by atoms with van der Waals surface area (Å²) in [5, 5.41) is 10.9. The maximum Gasteiger partial charge on any atom is 0.338 e. The van der Waals surface area contributed by atoms with Crippen LogP contribution in [0.1, 0.15) is 36.6 Å². The van der Waals surface area contributed by atoms with Crippen LogP contribution in [0.2, 0.25) is 0 Å². The molecule has 42 heavy (non-hydrogen) atoms. The van der Waals surface area contributed by atoms with Gasteiger partial charge in [-0.3, -0.25) is 19.5 Å². The molecular formula is C31H27N3O7S. The SMILES string of the molecule is CCOC(=O)C1=C(C)N=c2s/c(=C/c3ccc(OCc4ccc([N+](=O)[O-])cc4)c(OC)c3)c(=O)n2[C@@H]1c1ccccc1. The van der Waals surface area contributed by atoms with Crippen LogP contribution in [-0.2, 0) is 16.1 Å². The highest BCUT2D eigenvalue weighted by molar-refractivity contribution is 7.07. The second-order valence-corrected chi connectivity index (χ2v) is 10.3. The smallest absolute Gasteiger partial charge is 0.338 e. The number of nitrogens with zero attached hydrogens (tertiary/aromatic N) is 3. The van der Waals surface area contributed by atoms with E-state index in [0.717, 1.165) is 11.1 Å². The average Bonchev–Trinajstić information content (AvgIpc) is 3.30. The van der Waals surface area contributed by atoms with E-state index in [1.807, 2.05) is 30.3 Å². The Hall–Kier alpha value is -5.03. The molecule has 0 bridgehead atoms. The highest BCUT2D eigenvalue weighted by Crippen LogP contribution is 2.31. The minimum Gasteiger partial charge on any atom is -0.493 e. The second-order valence-electron chi connectivity index (χ2n) is 9.34. The number of aromatic nitrogens is 1. The topological polar surface area (TPSA) is 122 Å². The molecule has 214 valence electrons. The van der Waals surface area contributed by atoms with Gasteiger partial charge in [-0.15, -0.1) is 0 Å². The Morgan fingerprint density at radius 2 is 1.83 bits per heavy atom. The van der Waals surface area contributed by atoms with Gasteiger partial charge in [-0.1, -0.05) is 47.7 Å². The van der Waals surface area contributed by atoms with Gasteiger partial charge in [0.1, 0.15) is 6.61 Å². The summed E-state index contributed by atoms with van der Waals surface area (Å²) in [6.07, 6.45) is 1.75. The number of methoxy groups -OCH3 is 1.